The molecular formula is C11H16N4O2. The maximum absolute atomic E-state index is 12.1. The molecule has 92 valence electrons. The van der Waals surface area contributed by atoms with E-state index in [1.54, 1.807) is 7.05 Å². The van der Waals surface area contributed by atoms with Crippen LogP contribution in [0.4, 0.5) is 0 Å². The molecule has 0 saturated heterocycles. The van der Waals surface area contributed by atoms with Gasteiger partial charge >= 0.3 is 5.69 Å². The van der Waals surface area contributed by atoms with Gasteiger partial charge in [-0.3, -0.25) is 13.9 Å². The van der Waals surface area contributed by atoms with Crippen LogP contribution < -0.4 is 11.2 Å². The molecule has 2 heterocycles. The first-order valence-electron chi connectivity index (χ1n) is 5.65. The van der Waals surface area contributed by atoms with E-state index < -0.39 is 0 Å². The van der Waals surface area contributed by atoms with Gasteiger partial charge in [-0.15, -0.1) is 0 Å². The van der Waals surface area contributed by atoms with Gasteiger partial charge in [0.15, 0.2) is 5.65 Å². The number of imidazole rings is 1. The molecule has 17 heavy (non-hydrogen) atoms. The molecule has 0 spiro atoms. The van der Waals surface area contributed by atoms with Crippen molar-refractivity contribution in [2.24, 2.45) is 13.0 Å². The Bertz CT molecular complexity index is 648. The zero-order valence-electron chi connectivity index (χ0n) is 10.2. The average molecular weight is 236 g/mol. The molecule has 0 amide bonds. The van der Waals surface area contributed by atoms with E-state index in [1.807, 2.05) is 0 Å². The summed E-state index contributed by atoms with van der Waals surface area (Å²) in [6.45, 7) is 4.56. The van der Waals surface area contributed by atoms with Crippen molar-refractivity contribution in [3.05, 3.63) is 27.2 Å². The zero-order chi connectivity index (χ0) is 12.6. The normalized spacial score (nSPS) is 11.5. The summed E-state index contributed by atoms with van der Waals surface area (Å²) in [7, 11) is 1.62. The Hall–Kier alpha value is -1.85. The van der Waals surface area contributed by atoms with Crippen LogP contribution in [0.2, 0.25) is 0 Å². The SMILES string of the molecule is CC(C)CCn1c(=O)c2[nH]cnc2n(C)c1=O. The Morgan fingerprint density at radius 1 is 1.41 bits per heavy atom. The summed E-state index contributed by atoms with van der Waals surface area (Å²) < 4.78 is 2.66. The molecule has 6 heteroatoms. The van der Waals surface area contributed by atoms with Gasteiger partial charge in [-0.2, -0.15) is 0 Å². The van der Waals surface area contributed by atoms with Gasteiger partial charge in [0, 0.05) is 13.6 Å². The highest BCUT2D eigenvalue weighted by Gasteiger charge is 2.12. The monoisotopic (exact) mass is 236 g/mol. The fourth-order valence-corrected chi connectivity index (χ4v) is 1.78. The van der Waals surface area contributed by atoms with Gasteiger partial charge in [0.2, 0.25) is 0 Å². The van der Waals surface area contributed by atoms with E-state index in [4.69, 9.17) is 0 Å². The van der Waals surface area contributed by atoms with Crippen molar-refractivity contribution in [3.8, 4) is 0 Å². The number of H-pyrrole nitrogens is 1. The minimum atomic E-state index is -0.310. The molecule has 0 aliphatic heterocycles. The van der Waals surface area contributed by atoms with E-state index in [1.165, 1.54) is 15.5 Å². The fraction of sp³-hybridized carbons (Fsp3) is 0.545. The average Bonchev–Trinajstić information content (AvgIpc) is 2.75. The minimum absolute atomic E-state index is 0.291. The van der Waals surface area contributed by atoms with Crippen molar-refractivity contribution < 1.29 is 0 Å². The van der Waals surface area contributed by atoms with E-state index >= 15 is 0 Å². The number of aromatic nitrogens is 4. The second-order valence-electron chi connectivity index (χ2n) is 4.58. The number of hydrogen-bond donors (Lipinski definition) is 1. The molecule has 0 bridgehead atoms. The summed E-state index contributed by atoms with van der Waals surface area (Å²) in [5.74, 6) is 0.448. The van der Waals surface area contributed by atoms with Crippen LogP contribution in [0, 0.1) is 5.92 Å². The van der Waals surface area contributed by atoms with E-state index in [-0.39, 0.29) is 11.2 Å². The lowest BCUT2D eigenvalue weighted by Crippen LogP contribution is -2.39. The van der Waals surface area contributed by atoms with Crippen LogP contribution in [0.25, 0.3) is 11.2 Å². The lowest BCUT2D eigenvalue weighted by Gasteiger charge is -2.09. The van der Waals surface area contributed by atoms with Crippen molar-refractivity contribution in [3.63, 3.8) is 0 Å². The van der Waals surface area contributed by atoms with Crippen LogP contribution in [0.15, 0.2) is 15.9 Å². The maximum Gasteiger partial charge on any atom is 0.332 e. The van der Waals surface area contributed by atoms with E-state index in [0.29, 0.717) is 23.6 Å². The molecule has 6 nitrogen and oxygen atoms in total. The number of nitrogens with zero attached hydrogens (tertiary/aromatic N) is 3. The Labute approximate surface area is 97.9 Å². The molecule has 0 fully saturated rings. The molecule has 0 aliphatic carbocycles. The van der Waals surface area contributed by atoms with Crippen LogP contribution in [0.5, 0.6) is 0 Å². The van der Waals surface area contributed by atoms with Crippen molar-refractivity contribution >= 4 is 11.2 Å². The third-order valence-electron chi connectivity index (χ3n) is 2.84. The lowest BCUT2D eigenvalue weighted by molar-refractivity contribution is 0.488. The highest BCUT2D eigenvalue weighted by molar-refractivity contribution is 5.68. The lowest BCUT2D eigenvalue weighted by atomic mass is 10.1. The Morgan fingerprint density at radius 3 is 2.76 bits per heavy atom. The van der Waals surface area contributed by atoms with Gasteiger partial charge in [-0.1, -0.05) is 13.8 Å². The Kier molecular flexibility index (Phi) is 2.87. The first-order valence-corrected chi connectivity index (χ1v) is 5.65. The first kappa shape index (κ1) is 11.6. The second kappa shape index (κ2) is 4.20. The summed E-state index contributed by atoms with van der Waals surface area (Å²) in [5, 5.41) is 0. The summed E-state index contributed by atoms with van der Waals surface area (Å²) in [4.78, 5) is 30.8. The van der Waals surface area contributed by atoms with Gasteiger partial charge < -0.3 is 4.98 Å². The standard InChI is InChI=1S/C11H16N4O2/c1-7(2)4-5-15-10(16)8-9(13-6-12-8)14(3)11(15)17/h6-7H,4-5H2,1-3H3,(H,12,13). The van der Waals surface area contributed by atoms with Gasteiger partial charge in [0.05, 0.1) is 6.33 Å². The molecule has 2 aromatic heterocycles. The smallest absolute Gasteiger partial charge is 0.332 e. The number of rotatable bonds is 3. The van der Waals surface area contributed by atoms with Crippen molar-refractivity contribution in [1.82, 2.24) is 19.1 Å². The number of hydrogen-bond acceptors (Lipinski definition) is 3. The predicted octanol–water partition coefficient (Wildman–Crippen LogP) is 0.469. The maximum atomic E-state index is 12.1. The number of aromatic amines is 1. The molecule has 2 rings (SSSR count). The fourth-order valence-electron chi connectivity index (χ4n) is 1.78. The summed E-state index contributed by atoms with van der Waals surface area (Å²) in [6, 6.07) is 0. The van der Waals surface area contributed by atoms with Crippen LogP contribution in [-0.4, -0.2) is 19.1 Å². The molecule has 2 aromatic rings. The number of nitrogens with one attached hydrogen (secondary N) is 1. The third kappa shape index (κ3) is 1.90. The summed E-state index contributed by atoms with van der Waals surface area (Å²) in [6.07, 6.45) is 2.23. The molecule has 0 radical (unpaired) electrons. The van der Waals surface area contributed by atoms with Gasteiger partial charge in [-0.05, 0) is 12.3 Å². The molecule has 0 saturated carbocycles. The zero-order valence-corrected chi connectivity index (χ0v) is 10.2. The predicted molar refractivity (Wildman–Crippen MR) is 65.0 cm³/mol. The third-order valence-corrected chi connectivity index (χ3v) is 2.84. The summed E-state index contributed by atoms with van der Waals surface area (Å²) in [5.41, 5.74) is 0.188. The van der Waals surface area contributed by atoms with Gasteiger partial charge in [0.25, 0.3) is 5.56 Å². The van der Waals surface area contributed by atoms with Crippen molar-refractivity contribution in [2.45, 2.75) is 26.8 Å². The largest absolute Gasteiger partial charge is 0.339 e. The summed E-state index contributed by atoms with van der Waals surface area (Å²) >= 11 is 0. The van der Waals surface area contributed by atoms with Crippen LogP contribution in [0.1, 0.15) is 20.3 Å². The highest BCUT2D eigenvalue weighted by Crippen LogP contribution is 2.02. The molecular weight excluding hydrogens is 220 g/mol. The van der Waals surface area contributed by atoms with Crippen molar-refractivity contribution in [1.29, 1.82) is 0 Å². The molecule has 1 N–H and O–H groups in total. The number of fused-ring (bicyclic) bond motifs is 1. The topological polar surface area (TPSA) is 72.7 Å². The van der Waals surface area contributed by atoms with Crippen molar-refractivity contribution in [2.75, 3.05) is 0 Å². The van der Waals surface area contributed by atoms with Crippen LogP contribution in [0.3, 0.4) is 0 Å². The van der Waals surface area contributed by atoms with Gasteiger partial charge in [0.1, 0.15) is 5.52 Å². The van der Waals surface area contributed by atoms with E-state index in [2.05, 4.69) is 23.8 Å². The minimum Gasteiger partial charge on any atom is -0.339 e. The van der Waals surface area contributed by atoms with Crippen LogP contribution >= 0.6 is 0 Å². The molecule has 0 atom stereocenters. The van der Waals surface area contributed by atoms with E-state index in [9.17, 15) is 9.59 Å². The Morgan fingerprint density at radius 2 is 2.12 bits per heavy atom. The molecule has 0 aliphatic rings. The van der Waals surface area contributed by atoms with E-state index in [0.717, 1.165) is 6.42 Å². The quantitative estimate of drug-likeness (QED) is 0.842. The molecule has 0 aromatic carbocycles. The molecule has 0 unspecified atom stereocenters. The second-order valence-corrected chi connectivity index (χ2v) is 4.58. The Balaban J connectivity index is 2.63. The first-order chi connectivity index (χ1) is 8.02. The van der Waals surface area contributed by atoms with Crippen LogP contribution in [-0.2, 0) is 13.6 Å². The number of aryl methyl sites for hydroxylation is 1. The van der Waals surface area contributed by atoms with Gasteiger partial charge in [-0.25, -0.2) is 9.78 Å². The highest BCUT2D eigenvalue weighted by atomic mass is 16.2.